The number of rotatable bonds is 5. The molecule has 1 aliphatic heterocycles. The Bertz CT molecular complexity index is 685. The maximum Gasteiger partial charge on any atom is 0.217 e. The Balaban J connectivity index is 1.71. The molecule has 23 heavy (non-hydrogen) atoms. The van der Waals surface area contributed by atoms with Gasteiger partial charge in [0.1, 0.15) is 5.76 Å². The summed E-state index contributed by atoms with van der Waals surface area (Å²) in [6.45, 7) is 5.56. The molecule has 0 bridgehead atoms. The van der Waals surface area contributed by atoms with Crippen LogP contribution in [0.3, 0.4) is 0 Å². The van der Waals surface area contributed by atoms with Crippen LogP contribution in [-0.2, 0) is 17.9 Å². The zero-order chi connectivity index (χ0) is 16.2. The quantitative estimate of drug-likeness (QED) is 0.905. The third-order valence-electron chi connectivity index (χ3n) is 3.97. The topological polar surface area (TPSA) is 84.2 Å². The highest BCUT2D eigenvalue weighted by molar-refractivity contribution is 5.72. The van der Waals surface area contributed by atoms with Gasteiger partial charge < -0.3 is 9.84 Å². The highest BCUT2D eigenvalue weighted by Gasteiger charge is 2.28. The van der Waals surface area contributed by atoms with E-state index in [1.807, 2.05) is 19.2 Å². The van der Waals surface area contributed by atoms with Gasteiger partial charge in [0.05, 0.1) is 42.1 Å². The summed E-state index contributed by atoms with van der Waals surface area (Å²) in [6.07, 6.45) is 5.68. The summed E-state index contributed by atoms with van der Waals surface area (Å²) in [5, 5.41) is 6.83. The Kier molecular flexibility index (Phi) is 4.66. The van der Waals surface area contributed by atoms with E-state index in [0.29, 0.717) is 6.54 Å². The largest absolute Gasteiger partial charge is 0.361 e. The summed E-state index contributed by atoms with van der Waals surface area (Å²) in [6, 6.07) is 2.20. The zero-order valence-electron chi connectivity index (χ0n) is 13.5. The molecule has 0 aromatic carbocycles. The fourth-order valence-electron chi connectivity index (χ4n) is 2.93. The molecular formula is C16H21N5O2. The van der Waals surface area contributed by atoms with Crippen LogP contribution < -0.4 is 5.32 Å². The average Bonchev–Trinajstić information content (AvgIpc) is 3.15. The van der Waals surface area contributed by atoms with Crippen molar-refractivity contribution in [2.75, 3.05) is 6.54 Å². The molecule has 0 spiro atoms. The highest BCUT2D eigenvalue weighted by Crippen LogP contribution is 2.31. The van der Waals surface area contributed by atoms with Crippen LogP contribution >= 0.6 is 0 Å². The van der Waals surface area contributed by atoms with Crippen molar-refractivity contribution < 1.29 is 9.32 Å². The van der Waals surface area contributed by atoms with E-state index in [1.165, 1.54) is 6.92 Å². The maximum absolute atomic E-state index is 11.0. The van der Waals surface area contributed by atoms with Gasteiger partial charge in [0.25, 0.3) is 0 Å². The van der Waals surface area contributed by atoms with E-state index in [0.717, 1.165) is 48.8 Å². The van der Waals surface area contributed by atoms with Gasteiger partial charge in [0.15, 0.2) is 0 Å². The van der Waals surface area contributed by atoms with Gasteiger partial charge in [-0.25, -0.2) is 0 Å². The van der Waals surface area contributed by atoms with Crippen molar-refractivity contribution in [2.45, 2.75) is 45.8 Å². The molecular weight excluding hydrogens is 294 g/mol. The Labute approximate surface area is 135 Å². The standard InChI is InChI=1S/C16H21N5O2/c1-11-6-13(20-23-11)10-21-5-3-4-16(21)15-9-17-7-14(19-15)8-18-12(2)22/h6-7,9,16H,3-5,8,10H2,1-2H3,(H,18,22)/t16-/m1/s1. The molecule has 3 rings (SSSR count). The lowest BCUT2D eigenvalue weighted by atomic mass is 10.1. The van der Waals surface area contributed by atoms with Crippen molar-refractivity contribution in [1.82, 2.24) is 25.3 Å². The number of aryl methyl sites for hydroxylation is 1. The first-order valence-electron chi connectivity index (χ1n) is 7.83. The average molecular weight is 315 g/mol. The number of likely N-dealkylation sites (tertiary alicyclic amines) is 1. The number of nitrogens with zero attached hydrogens (tertiary/aromatic N) is 4. The van der Waals surface area contributed by atoms with Gasteiger partial charge in [-0.15, -0.1) is 0 Å². The van der Waals surface area contributed by atoms with E-state index in [-0.39, 0.29) is 11.9 Å². The van der Waals surface area contributed by atoms with E-state index in [2.05, 4.69) is 25.3 Å². The molecule has 2 aromatic heterocycles. The van der Waals surface area contributed by atoms with Crippen LogP contribution in [0.15, 0.2) is 23.0 Å². The van der Waals surface area contributed by atoms with Gasteiger partial charge in [-0.2, -0.15) is 0 Å². The fraction of sp³-hybridized carbons (Fsp3) is 0.500. The van der Waals surface area contributed by atoms with Crippen LogP contribution in [0.1, 0.15) is 48.6 Å². The van der Waals surface area contributed by atoms with Gasteiger partial charge in [-0.05, 0) is 26.3 Å². The summed E-state index contributed by atoms with van der Waals surface area (Å²) >= 11 is 0. The van der Waals surface area contributed by atoms with E-state index >= 15 is 0 Å². The van der Waals surface area contributed by atoms with Crippen LogP contribution in [0.2, 0.25) is 0 Å². The number of amides is 1. The predicted octanol–water partition coefficient (Wildman–Crippen LogP) is 1.75. The predicted molar refractivity (Wildman–Crippen MR) is 83.2 cm³/mol. The molecule has 0 radical (unpaired) electrons. The van der Waals surface area contributed by atoms with Crippen LogP contribution in [0, 0.1) is 6.92 Å². The number of carbonyl (C=O) groups excluding carboxylic acids is 1. The van der Waals surface area contributed by atoms with Crippen molar-refractivity contribution in [2.24, 2.45) is 0 Å². The Morgan fingerprint density at radius 2 is 2.30 bits per heavy atom. The van der Waals surface area contributed by atoms with Crippen LogP contribution in [-0.4, -0.2) is 32.5 Å². The van der Waals surface area contributed by atoms with Crippen molar-refractivity contribution in [3.05, 3.63) is 41.3 Å². The van der Waals surface area contributed by atoms with Gasteiger partial charge in [-0.3, -0.25) is 19.7 Å². The summed E-state index contributed by atoms with van der Waals surface area (Å²) in [4.78, 5) is 22.3. The SMILES string of the molecule is CC(=O)NCc1cncc([C@H]2CCCN2Cc2cc(C)on2)n1. The first-order valence-corrected chi connectivity index (χ1v) is 7.83. The number of hydrogen-bond acceptors (Lipinski definition) is 6. The smallest absolute Gasteiger partial charge is 0.217 e. The minimum absolute atomic E-state index is 0.0684. The number of aromatic nitrogens is 3. The molecule has 0 saturated carbocycles. The normalized spacial score (nSPS) is 18.3. The Hall–Kier alpha value is -2.28. The third kappa shape index (κ3) is 3.92. The second-order valence-electron chi connectivity index (χ2n) is 5.90. The molecule has 122 valence electrons. The minimum Gasteiger partial charge on any atom is -0.361 e. The van der Waals surface area contributed by atoms with E-state index in [1.54, 1.807) is 6.20 Å². The van der Waals surface area contributed by atoms with Crippen LogP contribution in [0.4, 0.5) is 0 Å². The van der Waals surface area contributed by atoms with Crippen molar-refractivity contribution in [3.8, 4) is 0 Å². The lowest BCUT2D eigenvalue weighted by molar-refractivity contribution is -0.119. The molecule has 1 amide bonds. The Morgan fingerprint density at radius 3 is 3.04 bits per heavy atom. The first kappa shape index (κ1) is 15.6. The summed E-state index contributed by atoms with van der Waals surface area (Å²) in [5.41, 5.74) is 2.67. The molecule has 1 fully saturated rings. The third-order valence-corrected chi connectivity index (χ3v) is 3.97. The number of carbonyl (C=O) groups is 1. The van der Waals surface area contributed by atoms with Crippen molar-refractivity contribution >= 4 is 5.91 Å². The first-order chi connectivity index (χ1) is 11.1. The van der Waals surface area contributed by atoms with E-state index in [9.17, 15) is 4.79 Å². The summed E-state index contributed by atoms with van der Waals surface area (Å²) in [5.74, 6) is 0.758. The molecule has 7 nitrogen and oxygen atoms in total. The lowest BCUT2D eigenvalue weighted by Crippen LogP contribution is -2.25. The van der Waals surface area contributed by atoms with Gasteiger partial charge in [0.2, 0.25) is 5.91 Å². The maximum atomic E-state index is 11.0. The number of nitrogens with one attached hydrogen (secondary N) is 1. The fourth-order valence-corrected chi connectivity index (χ4v) is 2.93. The second-order valence-corrected chi connectivity index (χ2v) is 5.90. The van der Waals surface area contributed by atoms with Gasteiger partial charge in [-0.1, -0.05) is 5.16 Å². The highest BCUT2D eigenvalue weighted by atomic mass is 16.5. The molecule has 7 heteroatoms. The van der Waals surface area contributed by atoms with Crippen LogP contribution in [0.5, 0.6) is 0 Å². The molecule has 3 heterocycles. The summed E-state index contributed by atoms with van der Waals surface area (Å²) < 4.78 is 5.14. The van der Waals surface area contributed by atoms with Crippen LogP contribution in [0.25, 0.3) is 0 Å². The molecule has 1 saturated heterocycles. The van der Waals surface area contributed by atoms with Gasteiger partial charge >= 0.3 is 0 Å². The number of hydrogen-bond donors (Lipinski definition) is 1. The van der Waals surface area contributed by atoms with Crippen molar-refractivity contribution in [3.63, 3.8) is 0 Å². The lowest BCUT2D eigenvalue weighted by Gasteiger charge is -2.22. The summed E-state index contributed by atoms with van der Waals surface area (Å²) in [7, 11) is 0. The van der Waals surface area contributed by atoms with Crippen molar-refractivity contribution in [1.29, 1.82) is 0 Å². The zero-order valence-corrected chi connectivity index (χ0v) is 13.5. The minimum atomic E-state index is -0.0684. The molecule has 2 aromatic rings. The molecule has 1 aliphatic rings. The molecule has 1 atom stereocenters. The van der Waals surface area contributed by atoms with E-state index < -0.39 is 0 Å². The molecule has 0 aliphatic carbocycles. The molecule has 1 N–H and O–H groups in total. The Morgan fingerprint density at radius 1 is 1.43 bits per heavy atom. The monoisotopic (exact) mass is 315 g/mol. The van der Waals surface area contributed by atoms with Gasteiger partial charge in [0, 0.05) is 19.5 Å². The molecule has 0 unspecified atom stereocenters. The van der Waals surface area contributed by atoms with E-state index in [4.69, 9.17) is 4.52 Å². The second kappa shape index (κ2) is 6.87.